The average molecular weight is 290 g/mol. The van der Waals surface area contributed by atoms with Gasteiger partial charge in [0, 0.05) is 23.1 Å². The molecule has 0 saturated carbocycles. The number of rotatable bonds is 2. The molecule has 2 rings (SSSR count). The molecule has 1 aromatic carbocycles. The molecule has 2 unspecified atom stereocenters. The standard InChI is InChI=1S/C13H18Cl2NP/c1-9-4-7-12(13(8-9)17(14)15)16-10(2)5-6-11(16)3/h4,7-8,10-11H,5-6H2,1-3H3. The molecule has 1 fully saturated rings. The Morgan fingerprint density at radius 3 is 2.29 bits per heavy atom. The zero-order chi connectivity index (χ0) is 12.6. The lowest BCUT2D eigenvalue weighted by atomic mass is 10.2. The largest absolute Gasteiger partial charge is 0.366 e. The lowest BCUT2D eigenvalue weighted by Crippen LogP contribution is -2.35. The summed E-state index contributed by atoms with van der Waals surface area (Å²) in [7, 11) is 0. The molecule has 1 aliphatic rings. The van der Waals surface area contributed by atoms with E-state index < -0.39 is 6.63 Å². The van der Waals surface area contributed by atoms with Crippen LogP contribution in [0.4, 0.5) is 5.69 Å². The maximum Gasteiger partial charge on any atom is 0.119 e. The quantitative estimate of drug-likeness (QED) is 0.708. The van der Waals surface area contributed by atoms with Crippen LogP contribution < -0.4 is 10.2 Å². The van der Waals surface area contributed by atoms with Gasteiger partial charge >= 0.3 is 0 Å². The smallest absolute Gasteiger partial charge is 0.119 e. The van der Waals surface area contributed by atoms with E-state index in [0.29, 0.717) is 12.1 Å². The van der Waals surface area contributed by atoms with Crippen LogP contribution in [0.15, 0.2) is 18.2 Å². The molecule has 2 atom stereocenters. The Hall–Kier alpha value is 0.0300. The number of nitrogens with zero attached hydrogens (tertiary/aromatic N) is 1. The fourth-order valence-electron chi connectivity index (χ4n) is 2.66. The van der Waals surface area contributed by atoms with E-state index in [-0.39, 0.29) is 0 Å². The van der Waals surface area contributed by atoms with Gasteiger partial charge in [-0.1, -0.05) is 34.1 Å². The summed E-state index contributed by atoms with van der Waals surface area (Å²) in [6.45, 7) is 5.55. The van der Waals surface area contributed by atoms with Gasteiger partial charge in [0.1, 0.15) is 6.63 Å². The molecule has 0 radical (unpaired) electrons. The molecule has 1 saturated heterocycles. The molecule has 1 aromatic rings. The van der Waals surface area contributed by atoms with Crippen LogP contribution in [-0.2, 0) is 0 Å². The van der Waals surface area contributed by atoms with Crippen LogP contribution in [0.1, 0.15) is 32.3 Å². The first-order chi connectivity index (χ1) is 8.00. The molecule has 0 amide bonds. The number of halogens is 2. The van der Waals surface area contributed by atoms with Gasteiger partial charge < -0.3 is 4.90 Å². The second kappa shape index (κ2) is 5.34. The topological polar surface area (TPSA) is 3.24 Å². The Labute approximate surface area is 114 Å². The summed E-state index contributed by atoms with van der Waals surface area (Å²) in [6.07, 6.45) is 2.49. The summed E-state index contributed by atoms with van der Waals surface area (Å²) >= 11 is 12.3. The van der Waals surface area contributed by atoms with Gasteiger partial charge in [0.05, 0.1) is 0 Å². The average Bonchev–Trinajstić information content (AvgIpc) is 2.59. The van der Waals surface area contributed by atoms with Crippen LogP contribution in [0.5, 0.6) is 0 Å². The lowest BCUT2D eigenvalue weighted by molar-refractivity contribution is 0.696. The Morgan fingerprint density at radius 2 is 1.76 bits per heavy atom. The van der Waals surface area contributed by atoms with E-state index in [1.807, 2.05) is 0 Å². The first kappa shape index (κ1) is 13.5. The monoisotopic (exact) mass is 289 g/mol. The third-order valence-corrected chi connectivity index (χ3v) is 5.36. The normalized spacial score (nSPS) is 24.7. The summed E-state index contributed by atoms with van der Waals surface area (Å²) in [5.41, 5.74) is 2.45. The maximum absolute atomic E-state index is 6.16. The second-order valence-corrected chi connectivity index (χ2v) is 8.40. The van der Waals surface area contributed by atoms with Crippen LogP contribution in [0, 0.1) is 6.92 Å². The lowest BCUT2D eigenvalue weighted by Gasteiger charge is -2.31. The van der Waals surface area contributed by atoms with Gasteiger partial charge in [-0.05, 0) is 45.7 Å². The van der Waals surface area contributed by atoms with Gasteiger partial charge in [-0.25, -0.2) is 0 Å². The minimum atomic E-state index is -1.08. The van der Waals surface area contributed by atoms with E-state index in [4.69, 9.17) is 22.5 Å². The van der Waals surface area contributed by atoms with Gasteiger partial charge in [-0.2, -0.15) is 0 Å². The summed E-state index contributed by atoms with van der Waals surface area (Å²) in [5, 5.41) is 1.10. The zero-order valence-electron chi connectivity index (χ0n) is 10.5. The van der Waals surface area contributed by atoms with Crippen LogP contribution in [0.2, 0.25) is 0 Å². The number of hydrogen-bond acceptors (Lipinski definition) is 1. The van der Waals surface area contributed by atoms with E-state index in [2.05, 4.69) is 43.9 Å². The Bertz CT molecular complexity index is 398. The van der Waals surface area contributed by atoms with Crippen molar-refractivity contribution in [3.8, 4) is 0 Å². The Morgan fingerprint density at radius 1 is 1.18 bits per heavy atom. The van der Waals surface area contributed by atoms with Crippen LogP contribution in [0.3, 0.4) is 0 Å². The predicted octanol–water partition coefficient (Wildman–Crippen LogP) is 4.79. The minimum absolute atomic E-state index is 0.578. The fourth-order valence-corrected chi connectivity index (χ4v) is 4.13. The molecule has 17 heavy (non-hydrogen) atoms. The molecule has 0 spiro atoms. The fraction of sp³-hybridized carbons (Fsp3) is 0.538. The third kappa shape index (κ3) is 2.72. The molecule has 0 aliphatic carbocycles. The number of aryl methyl sites for hydroxylation is 1. The number of hydrogen-bond donors (Lipinski definition) is 0. The molecule has 94 valence electrons. The zero-order valence-corrected chi connectivity index (χ0v) is 12.9. The predicted molar refractivity (Wildman–Crippen MR) is 80.1 cm³/mol. The molecule has 0 bridgehead atoms. The molecular weight excluding hydrogens is 272 g/mol. The highest BCUT2D eigenvalue weighted by molar-refractivity contribution is 8.09. The van der Waals surface area contributed by atoms with E-state index in [1.54, 1.807) is 0 Å². The van der Waals surface area contributed by atoms with Crippen molar-refractivity contribution in [2.45, 2.75) is 45.7 Å². The van der Waals surface area contributed by atoms with Crippen molar-refractivity contribution in [1.82, 2.24) is 0 Å². The maximum atomic E-state index is 6.16. The summed E-state index contributed by atoms with van der Waals surface area (Å²) in [4.78, 5) is 2.47. The molecule has 1 heterocycles. The molecule has 0 aromatic heterocycles. The molecular formula is C13H18Cl2NP. The van der Waals surface area contributed by atoms with Crippen molar-refractivity contribution in [2.75, 3.05) is 4.90 Å². The van der Waals surface area contributed by atoms with Crippen molar-refractivity contribution in [1.29, 1.82) is 0 Å². The van der Waals surface area contributed by atoms with Crippen molar-refractivity contribution >= 4 is 40.1 Å². The highest BCUT2D eigenvalue weighted by Crippen LogP contribution is 2.49. The highest BCUT2D eigenvalue weighted by atomic mass is 35.9. The second-order valence-electron chi connectivity index (χ2n) is 4.91. The summed E-state index contributed by atoms with van der Waals surface area (Å²) < 4.78 is 0. The summed E-state index contributed by atoms with van der Waals surface area (Å²) in [5.74, 6) is 0. The highest BCUT2D eigenvalue weighted by Gasteiger charge is 2.29. The number of benzene rings is 1. The molecule has 4 heteroatoms. The number of anilines is 1. The first-order valence-electron chi connectivity index (χ1n) is 6.01. The van der Waals surface area contributed by atoms with Gasteiger partial charge in [0.25, 0.3) is 0 Å². The molecule has 1 nitrogen and oxygen atoms in total. The SMILES string of the molecule is Cc1ccc(N2C(C)CCC2C)c(P(Cl)Cl)c1. The van der Waals surface area contributed by atoms with Gasteiger partial charge in [-0.15, -0.1) is 0 Å². The molecule has 0 N–H and O–H groups in total. The van der Waals surface area contributed by atoms with Gasteiger partial charge in [-0.3, -0.25) is 0 Å². The van der Waals surface area contributed by atoms with Crippen molar-refractivity contribution < 1.29 is 0 Å². The van der Waals surface area contributed by atoms with Crippen molar-refractivity contribution in [3.63, 3.8) is 0 Å². The van der Waals surface area contributed by atoms with Gasteiger partial charge in [0.2, 0.25) is 0 Å². The van der Waals surface area contributed by atoms with Crippen molar-refractivity contribution in [3.05, 3.63) is 23.8 Å². The minimum Gasteiger partial charge on any atom is -0.366 e. The van der Waals surface area contributed by atoms with Crippen LogP contribution in [-0.4, -0.2) is 12.1 Å². The first-order valence-corrected chi connectivity index (χ1v) is 9.16. The van der Waals surface area contributed by atoms with E-state index >= 15 is 0 Å². The Kier molecular flexibility index (Phi) is 4.23. The van der Waals surface area contributed by atoms with Crippen LogP contribution in [0.25, 0.3) is 0 Å². The van der Waals surface area contributed by atoms with E-state index in [0.717, 1.165) is 5.30 Å². The van der Waals surface area contributed by atoms with E-state index in [9.17, 15) is 0 Å². The van der Waals surface area contributed by atoms with E-state index in [1.165, 1.54) is 24.1 Å². The van der Waals surface area contributed by atoms with Crippen molar-refractivity contribution in [2.24, 2.45) is 0 Å². The third-order valence-electron chi connectivity index (χ3n) is 3.54. The molecule has 1 aliphatic heterocycles. The van der Waals surface area contributed by atoms with Crippen LogP contribution >= 0.6 is 29.1 Å². The summed E-state index contributed by atoms with van der Waals surface area (Å²) in [6, 6.07) is 7.59. The Balaban J connectivity index is 2.43. The van der Waals surface area contributed by atoms with Gasteiger partial charge in [0.15, 0.2) is 0 Å².